The zero-order valence-corrected chi connectivity index (χ0v) is 15.9. The molecule has 0 atom stereocenters. The number of thiocarbonyl (C=S) groups is 1. The van der Waals surface area contributed by atoms with Gasteiger partial charge in [-0.2, -0.15) is 5.10 Å². The van der Waals surface area contributed by atoms with Crippen molar-refractivity contribution in [2.75, 3.05) is 6.54 Å². The van der Waals surface area contributed by atoms with Gasteiger partial charge in [-0.25, -0.2) is 5.01 Å². The standard InChI is InChI=1S/C20H24ClN3S/c21-17-3-1-2-14(11-17)18-4-5-24(23-18)20(25)22-19-15-7-12-6-13(9-15)10-16(19)8-12/h1-3,11-13,15-16,19H,4-10H2,(H,22,25). The molecule has 0 aromatic heterocycles. The maximum Gasteiger partial charge on any atom is 0.189 e. The Morgan fingerprint density at radius 2 is 1.84 bits per heavy atom. The second kappa shape index (κ2) is 6.24. The maximum atomic E-state index is 6.11. The average Bonchev–Trinajstić information content (AvgIpc) is 3.07. The summed E-state index contributed by atoms with van der Waals surface area (Å²) in [4.78, 5) is 0. The van der Waals surface area contributed by atoms with E-state index in [2.05, 4.69) is 11.4 Å². The van der Waals surface area contributed by atoms with E-state index in [0.717, 1.165) is 58.0 Å². The minimum absolute atomic E-state index is 0.575. The summed E-state index contributed by atoms with van der Waals surface area (Å²) in [6.45, 7) is 0.862. The van der Waals surface area contributed by atoms with E-state index in [9.17, 15) is 0 Å². The van der Waals surface area contributed by atoms with Crippen LogP contribution in [0.1, 0.15) is 44.1 Å². The summed E-state index contributed by atoms with van der Waals surface area (Å²) in [5.41, 5.74) is 2.18. The third kappa shape index (κ3) is 2.97. The topological polar surface area (TPSA) is 27.6 Å². The molecule has 132 valence electrons. The smallest absolute Gasteiger partial charge is 0.189 e. The third-order valence-corrected chi connectivity index (χ3v) is 7.27. The van der Waals surface area contributed by atoms with Crippen LogP contribution in [0, 0.1) is 23.7 Å². The molecule has 4 saturated carbocycles. The Hall–Kier alpha value is -1.13. The van der Waals surface area contributed by atoms with Crippen molar-refractivity contribution in [1.29, 1.82) is 0 Å². The number of hydrazone groups is 1. The molecule has 0 unspecified atom stereocenters. The zero-order chi connectivity index (χ0) is 17.0. The van der Waals surface area contributed by atoms with E-state index < -0.39 is 0 Å². The van der Waals surface area contributed by atoms with E-state index >= 15 is 0 Å². The van der Waals surface area contributed by atoms with E-state index in [-0.39, 0.29) is 0 Å². The van der Waals surface area contributed by atoms with Crippen LogP contribution in [0.25, 0.3) is 0 Å². The van der Waals surface area contributed by atoms with Crippen molar-refractivity contribution in [2.24, 2.45) is 28.8 Å². The number of nitrogens with zero attached hydrogens (tertiary/aromatic N) is 2. The van der Waals surface area contributed by atoms with Gasteiger partial charge in [0.1, 0.15) is 0 Å². The van der Waals surface area contributed by atoms with Gasteiger partial charge in [0.2, 0.25) is 0 Å². The van der Waals surface area contributed by atoms with Gasteiger partial charge in [-0.3, -0.25) is 0 Å². The highest BCUT2D eigenvalue weighted by molar-refractivity contribution is 7.80. The van der Waals surface area contributed by atoms with Crippen LogP contribution >= 0.6 is 23.8 Å². The van der Waals surface area contributed by atoms with Crippen LogP contribution < -0.4 is 5.32 Å². The molecule has 5 heteroatoms. The molecule has 3 nitrogen and oxygen atoms in total. The molecule has 0 saturated heterocycles. The summed E-state index contributed by atoms with van der Waals surface area (Å²) >= 11 is 11.8. The minimum atomic E-state index is 0.575. The fourth-order valence-electron chi connectivity index (χ4n) is 5.85. The van der Waals surface area contributed by atoms with E-state index in [4.69, 9.17) is 28.9 Å². The van der Waals surface area contributed by atoms with Gasteiger partial charge >= 0.3 is 0 Å². The van der Waals surface area contributed by atoms with Crippen LogP contribution in [0.4, 0.5) is 0 Å². The lowest BCUT2D eigenvalue weighted by Gasteiger charge is -2.54. The van der Waals surface area contributed by atoms with Crippen LogP contribution in [-0.4, -0.2) is 28.4 Å². The summed E-state index contributed by atoms with van der Waals surface area (Å²) in [7, 11) is 0. The number of rotatable bonds is 2. The lowest BCUT2D eigenvalue weighted by Crippen LogP contribution is -2.57. The highest BCUT2D eigenvalue weighted by Gasteiger charge is 2.48. The Labute approximate surface area is 159 Å². The lowest BCUT2D eigenvalue weighted by molar-refractivity contribution is -0.00759. The Morgan fingerprint density at radius 1 is 1.12 bits per heavy atom. The van der Waals surface area contributed by atoms with Gasteiger partial charge in [-0.05, 0) is 85.7 Å². The summed E-state index contributed by atoms with van der Waals surface area (Å²) in [6.07, 6.45) is 8.04. The average molecular weight is 374 g/mol. The SMILES string of the molecule is S=C(NC1C2CC3CC(C2)CC1C3)N1CCC(c2cccc(Cl)c2)=N1. The third-order valence-electron chi connectivity index (χ3n) is 6.71. The molecule has 1 aromatic rings. The molecule has 0 amide bonds. The van der Waals surface area contributed by atoms with E-state index in [1.54, 1.807) is 0 Å². The van der Waals surface area contributed by atoms with E-state index in [0.29, 0.717) is 6.04 Å². The first-order chi connectivity index (χ1) is 12.2. The molecule has 25 heavy (non-hydrogen) atoms. The minimum Gasteiger partial charge on any atom is -0.358 e. The normalized spacial score (nSPS) is 35.8. The predicted octanol–water partition coefficient (Wildman–Crippen LogP) is 4.45. The van der Waals surface area contributed by atoms with Crippen molar-refractivity contribution >= 4 is 34.6 Å². The van der Waals surface area contributed by atoms with E-state index in [1.807, 2.05) is 23.2 Å². The molecular weight excluding hydrogens is 350 g/mol. The second-order valence-electron chi connectivity index (χ2n) is 8.34. The zero-order valence-electron chi connectivity index (χ0n) is 14.3. The van der Waals surface area contributed by atoms with Crippen LogP contribution in [0.5, 0.6) is 0 Å². The largest absolute Gasteiger partial charge is 0.358 e. The Bertz CT molecular complexity index is 703. The maximum absolute atomic E-state index is 6.11. The van der Waals surface area contributed by atoms with Gasteiger partial charge in [0.25, 0.3) is 0 Å². The predicted molar refractivity (Wildman–Crippen MR) is 106 cm³/mol. The first kappa shape index (κ1) is 16.1. The number of hydrogen-bond acceptors (Lipinski definition) is 2. The molecule has 4 bridgehead atoms. The lowest BCUT2D eigenvalue weighted by atomic mass is 9.54. The molecule has 4 fully saturated rings. The summed E-state index contributed by atoms with van der Waals surface area (Å²) < 4.78 is 0. The summed E-state index contributed by atoms with van der Waals surface area (Å²) in [6, 6.07) is 8.51. The highest BCUT2D eigenvalue weighted by Crippen LogP contribution is 2.53. The molecule has 4 aliphatic carbocycles. The van der Waals surface area contributed by atoms with Gasteiger partial charge in [-0.15, -0.1) is 0 Å². The van der Waals surface area contributed by atoms with Crippen LogP contribution in [-0.2, 0) is 0 Å². The van der Waals surface area contributed by atoms with E-state index in [1.165, 1.54) is 32.1 Å². The number of benzene rings is 1. The molecule has 6 rings (SSSR count). The van der Waals surface area contributed by atoms with Gasteiger partial charge in [-0.1, -0.05) is 23.7 Å². The molecule has 5 aliphatic rings. The first-order valence-electron chi connectivity index (χ1n) is 9.57. The van der Waals surface area contributed by atoms with Crippen LogP contribution in [0.2, 0.25) is 5.02 Å². The van der Waals surface area contributed by atoms with Gasteiger partial charge in [0, 0.05) is 24.0 Å². The number of halogens is 1. The van der Waals surface area contributed by atoms with Crippen molar-refractivity contribution in [2.45, 2.75) is 44.6 Å². The van der Waals surface area contributed by atoms with Crippen molar-refractivity contribution in [3.63, 3.8) is 0 Å². The molecule has 0 spiro atoms. The van der Waals surface area contributed by atoms with Crippen molar-refractivity contribution < 1.29 is 0 Å². The van der Waals surface area contributed by atoms with Crippen LogP contribution in [0.15, 0.2) is 29.4 Å². The van der Waals surface area contributed by atoms with Crippen molar-refractivity contribution in [1.82, 2.24) is 10.3 Å². The highest BCUT2D eigenvalue weighted by atomic mass is 35.5. The summed E-state index contributed by atoms with van der Waals surface area (Å²) in [5, 5.41) is 12.0. The molecule has 1 aliphatic heterocycles. The molecule has 1 N–H and O–H groups in total. The Kier molecular flexibility index (Phi) is 4.01. The fraction of sp³-hybridized carbons (Fsp3) is 0.600. The van der Waals surface area contributed by atoms with Gasteiger partial charge in [0.05, 0.1) is 5.71 Å². The van der Waals surface area contributed by atoms with Crippen LogP contribution in [0.3, 0.4) is 0 Å². The molecule has 1 heterocycles. The Balaban J connectivity index is 1.28. The molecule has 0 radical (unpaired) electrons. The molecule has 1 aromatic carbocycles. The fourth-order valence-corrected chi connectivity index (χ4v) is 6.31. The van der Waals surface area contributed by atoms with Crippen molar-refractivity contribution in [3.05, 3.63) is 34.9 Å². The second-order valence-corrected chi connectivity index (χ2v) is 9.16. The van der Waals surface area contributed by atoms with Gasteiger partial charge < -0.3 is 5.32 Å². The monoisotopic (exact) mass is 373 g/mol. The van der Waals surface area contributed by atoms with Gasteiger partial charge in [0.15, 0.2) is 5.11 Å². The Morgan fingerprint density at radius 3 is 2.52 bits per heavy atom. The van der Waals surface area contributed by atoms with Crippen molar-refractivity contribution in [3.8, 4) is 0 Å². The molecular formula is C20H24ClN3S. The quantitative estimate of drug-likeness (QED) is 0.776. The number of nitrogens with one attached hydrogen (secondary N) is 1. The summed E-state index contributed by atoms with van der Waals surface area (Å²) in [5.74, 6) is 3.64. The number of hydrogen-bond donors (Lipinski definition) is 1. The first-order valence-corrected chi connectivity index (χ1v) is 10.4.